The fraction of sp³-hybridized carbons (Fsp3) is 0.300. The van der Waals surface area contributed by atoms with Crippen molar-refractivity contribution in [1.82, 2.24) is 4.90 Å². The molecule has 1 fully saturated rings. The number of amides is 2. The quantitative estimate of drug-likeness (QED) is 0.849. The summed E-state index contributed by atoms with van der Waals surface area (Å²) in [6.45, 7) is 4.42. The molecular formula is C20H21FN2O3. The van der Waals surface area contributed by atoms with Crippen molar-refractivity contribution in [2.45, 2.75) is 19.9 Å². The van der Waals surface area contributed by atoms with Gasteiger partial charge in [-0.05, 0) is 55.8 Å². The summed E-state index contributed by atoms with van der Waals surface area (Å²) in [6, 6.07) is 10.4. The molecule has 1 heterocycles. The van der Waals surface area contributed by atoms with Crippen molar-refractivity contribution in [2.75, 3.05) is 25.1 Å². The number of carbonyl (C=O) groups is 2. The maximum absolute atomic E-state index is 13.1. The van der Waals surface area contributed by atoms with Crippen molar-refractivity contribution in [3.8, 4) is 5.75 Å². The average Bonchev–Trinajstić information content (AvgIpc) is 2.64. The number of ether oxygens (including phenoxy) is 1. The van der Waals surface area contributed by atoms with Gasteiger partial charge >= 0.3 is 0 Å². The number of aryl methyl sites for hydroxylation is 1. The highest BCUT2D eigenvalue weighted by atomic mass is 19.1. The number of halogens is 1. The number of piperazine rings is 1. The Labute approximate surface area is 152 Å². The third-order valence-corrected chi connectivity index (χ3v) is 4.63. The number of methoxy groups -OCH3 is 1. The van der Waals surface area contributed by atoms with Gasteiger partial charge in [0.15, 0.2) is 0 Å². The molecular weight excluding hydrogens is 335 g/mol. The first-order valence-electron chi connectivity index (χ1n) is 8.45. The molecule has 2 amide bonds. The molecule has 1 saturated heterocycles. The Morgan fingerprint density at radius 1 is 1.15 bits per heavy atom. The fourth-order valence-electron chi connectivity index (χ4n) is 3.16. The fourth-order valence-corrected chi connectivity index (χ4v) is 3.16. The molecule has 2 aromatic carbocycles. The second-order valence-electron chi connectivity index (χ2n) is 6.35. The smallest absolute Gasteiger partial charge is 0.254 e. The van der Waals surface area contributed by atoms with Crippen molar-refractivity contribution < 1.29 is 18.7 Å². The normalized spacial score (nSPS) is 17.4. The third kappa shape index (κ3) is 3.27. The van der Waals surface area contributed by atoms with Gasteiger partial charge in [-0.1, -0.05) is 6.07 Å². The van der Waals surface area contributed by atoms with Gasteiger partial charge in [-0.15, -0.1) is 0 Å². The minimum atomic E-state index is -0.619. The van der Waals surface area contributed by atoms with Crippen molar-refractivity contribution in [3.05, 3.63) is 59.4 Å². The molecule has 2 aromatic rings. The SMILES string of the molecule is COc1ccc(C)cc1N1CCN(C(=O)c2ccc(F)cc2)[C@@H](C)C1=O. The Morgan fingerprint density at radius 3 is 2.50 bits per heavy atom. The molecule has 136 valence electrons. The van der Waals surface area contributed by atoms with E-state index >= 15 is 0 Å². The van der Waals surface area contributed by atoms with Crippen LogP contribution in [0.1, 0.15) is 22.8 Å². The Bertz CT molecular complexity index is 835. The maximum Gasteiger partial charge on any atom is 0.254 e. The lowest BCUT2D eigenvalue weighted by molar-refractivity contribution is -0.124. The molecule has 0 spiro atoms. The van der Waals surface area contributed by atoms with Gasteiger partial charge in [0.05, 0.1) is 12.8 Å². The Kier molecular flexibility index (Phi) is 4.93. The molecule has 3 rings (SSSR count). The van der Waals surface area contributed by atoms with Gasteiger partial charge in [0.2, 0.25) is 5.91 Å². The van der Waals surface area contributed by atoms with E-state index in [1.165, 1.54) is 29.2 Å². The van der Waals surface area contributed by atoms with E-state index in [1.807, 2.05) is 25.1 Å². The Balaban J connectivity index is 1.84. The largest absolute Gasteiger partial charge is 0.495 e. The van der Waals surface area contributed by atoms with Gasteiger partial charge < -0.3 is 14.5 Å². The van der Waals surface area contributed by atoms with Crippen LogP contribution in [0.3, 0.4) is 0 Å². The molecule has 1 aliphatic heterocycles. The lowest BCUT2D eigenvalue weighted by atomic mass is 10.1. The molecule has 1 atom stereocenters. The first-order chi connectivity index (χ1) is 12.4. The standard InChI is InChI=1S/C20H21FN2O3/c1-13-4-9-18(26-3)17(12-13)23-11-10-22(14(2)19(23)24)20(25)15-5-7-16(21)8-6-15/h4-9,12,14H,10-11H2,1-3H3/t14-/m0/s1. The number of rotatable bonds is 3. The molecule has 0 saturated carbocycles. The van der Waals surface area contributed by atoms with Crippen LogP contribution in [0.5, 0.6) is 5.75 Å². The summed E-state index contributed by atoms with van der Waals surface area (Å²) in [4.78, 5) is 28.8. The highest BCUT2D eigenvalue weighted by molar-refractivity contribution is 6.04. The van der Waals surface area contributed by atoms with E-state index in [1.54, 1.807) is 18.9 Å². The zero-order chi connectivity index (χ0) is 18.8. The van der Waals surface area contributed by atoms with Crippen LogP contribution in [-0.2, 0) is 4.79 Å². The topological polar surface area (TPSA) is 49.9 Å². The van der Waals surface area contributed by atoms with Crippen LogP contribution < -0.4 is 9.64 Å². The van der Waals surface area contributed by atoms with Crippen LogP contribution in [0.4, 0.5) is 10.1 Å². The average molecular weight is 356 g/mol. The van der Waals surface area contributed by atoms with Crippen LogP contribution in [0.15, 0.2) is 42.5 Å². The van der Waals surface area contributed by atoms with E-state index < -0.39 is 11.9 Å². The number of hydrogen-bond donors (Lipinski definition) is 0. The van der Waals surface area contributed by atoms with E-state index in [-0.39, 0.29) is 11.8 Å². The number of anilines is 1. The zero-order valence-electron chi connectivity index (χ0n) is 15.0. The Hall–Kier alpha value is -2.89. The van der Waals surface area contributed by atoms with Gasteiger partial charge in [-0.2, -0.15) is 0 Å². The minimum absolute atomic E-state index is 0.171. The molecule has 0 N–H and O–H groups in total. The summed E-state index contributed by atoms with van der Waals surface area (Å²) in [7, 11) is 1.57. The predicted octanol–water partition coefficient (Wildman–Crippen LogP) is 3.02. The second kappa shape index (κ2) is 7.15. The highest BCUT2D eigenvalue weighted by Crippen LogP contribution is 2.31. The minimum Gasteiger partial charge on any atom is -0.495 e. The second-order valence-corrected chi connectivity index (χ2v) is 6.35. The van der Waals surface area contributed by atoms with Crippen molar-refractivity contribution >= 4 is 17.5 Å². The number of benzene rings is 2. The van der Waals surface area contributed by atoms with E-state index in [0.717, 1.165) is 5.56 Å². The van der Waals surface area contributed by atoms with E-state index in [9.17, 15) is 14.0 Å². The molecule has 0 bridgehead atoms. The first-order valence-corrected chi connectivity index (χ1v) is 8.45. The van der Waals surface area contributed by atoms with Gasteiger partial charge in [0.1, 0.15) is 17.6 Å². The van der Waals surface area contributed by atoms with Crippen LogP contribution in [0.25, 0.3) is 0 Å². The van der Waals surface area contributed by atoms with Crippen LogP contribution >= 0.6 is 0 Å². The van der Waals surface area contributed by atoms with Gasteiger partial charge in [0.25, 0.3) is 5.91 Å². The summed E-state index contributed by atoms with van der Waals surface area (Å²) in [5, 5.41) is 0. The summed E-state index contributed by atoms with van der Waals surface area (Å²) in [6.07, 6.45) is 0. The lowest BCUT2D eigenvalue weighted by Gasteiger charge is -2.39. The van der Waals surface area contributed by atoms with Crippen LogP contribution in [0.2, 0.25) is 0 Å². The number of hydrogen-bond acceptors (Lipinski definition) is 3. The zero-order valence-corrected chi connectivity index (χ0v) is 15.0. The molecule has 0 aromatic heterocycles. The summed E-state index contributed by atoms with van der Waals surface area (Å²) in [5.41, 5.74) is 2.09. The van der Waals surface area contributed by atoms with Crippen molar-refractivity contribution in [3.63, 3.8) is 0 Å². The number of nitrogens with zero attached hydrogens (tertiary/aromatic N) is 2. The molecule has 1 aliphatic rings. The lowest BCUT2D eigenvalue weighted by Crippen LogP contribution is -2.57. The third-order valence-electron chi connectivity index (χ3n) is 4.63. The Morgan fingerprint density at radius 2 is 1.85 bits per heavy atom. The van der Waals surface area contributed by atoms with Crippen molar-refractivity contribution in [2.24, 2.45) is 0 Å². The molecule has 5 nitrogen and oxygen atoms in total. The molecule has 0 radical (unpaired) electrons. The van der Waals surface area contributed by atoms with E-state index in [4.69, 9.17) is 4.74 Å². The first kappa shape index (κ1) is 17.9. The summed E-state index contributed by atoms with van der Waals surface area (Å²) >= 11 is 0. The molecule has 0 aliphatic carbocycles. The number of carbonyl (C=O) groups excluding carboxylic acids is 2. The monoisotopic (exact) mass is 356 g/mol. The van der Waals surface area contributed by atoms with Crippen LogP contribution in [-0.4, -0.2) is 43.0 Å². The summed E-state index contributed by atoms with van der Waals surface area (Å²) < 4.78 is 18.5. The van der Waals surface area contributed by atoms with E-state index in [2.05, 4.69) is 0 Å². The predicted molar refractivity (Wildman–Crippen MR) is 97.0 cm³/mol. The molecule has 26 heavy (non-hydrogen) atoms. The maximum atomic E-state index is 13.1. The van der Waals surface area contributed by atoms with Gasteiger partial charge in [0, 0.05) is 18.7 Å². The van der Waals surface area contributed by atoms with Gasteiger partial charge in [-0.3, -0.25) is 9.59 Å². The molecule has 0 unspecified atom stereocenters. The van der Waals surface area contributed by atoms with Gasteiger partial charge in [-0.25, -0.2) is 4.39 Å². The highest BCUT2D eigenvalue weighted by Gasteiger charge is 2.36. The van der Waals surface area contributed by atoms with Crippen molar-refractivity contribution in [1.29, 1.82) is 0 Å². The van der Waals surface area contributed by atoms with E-state index in [0.29, 0.717) is 30.1 Å². The summed E-state index contributed by atoms with van der Waals surface area (Å²) in [5.74, 6) is -0.228. The van der Waals surface area contributed by atoms with Crippen LogP contribution in [0, 0.1) is 12.7 Å². The molecule has 6 heteroatoms.